The average molecular weight is 247 g/mol. The Morgan fingerprint density at radius 2 is 1.82 bits per heavy atom. The molecule has 0 fully saturated rings. The number of ether oxygens (including phenoxy) is 2. The number of carbonyl (C=O) groups is 2. The van der Waals surface area contributed by atoms with Crippen molar-refractivity contribution in [1.29, 1.82) is 0 Å². The van der Waals surface area contributed by atoms with Crippen molar-refractivity contribution in [3.05, 3.63) is 0 Å². The molecule has 0 aliphatic heterocycles. The van der Waals surface area contributed by atoms with Gasteiger partial charge in [-0.05, 0) is 13.3 Å². The van der Waals surface area contributed by atoms with Crippen LogP contribution in [0.1, 0.15) is 26.2 Å². The van der Waals surface area contributed by atoms with Crippen LogP contribution < -0.4 is 5.32 Å². The molecule has 0 saturated heterocycles. The standard InChI is InChI=1S/C11H21NO5/c1-2-16-8-9-17-7-3-6-12-10(13)4-5-11(14)15/h2-9H2,1H3,(H,12,13)(H,14,15). The van der Waals surface area contributed by atoms with Gasteiger partial charge in [0.1, 0.15) is 0 Å². The van der Waals surface area contributed by atoms with Crippen LogP contribution in [0.4, 0.5) is 0 Å². The molecule has 6 heteroatoms. The first-order valence-corrected chi connectivity index (χ1v) is 5.80. The molecule has 1 amide bonds. The number of hydrogen-bond acceptors (Lipinski definition) is 4. The maximum atomic E-state index is 11.1. The molecular formula is C11H21NO5. The minimum absolute atomic E-state index is 0.0283. The van der Waals surface area contributed by atoms with Gasteiger partial charge in [-0.1, -0.05) is 0 Å². The lowest BCUT2D eigenvalue weighted by Gasteiger charge is -2.05. The monoisotopic (exact) mass is 247 g/mol. The summed E-state index contributed by atoms with van der Waals surface area (Å²) in [5, 5.41) is 11.0. The molecule has 17 heavy (non-hydrogen) atoms. The van der Waals surface area contributed by atoms with Crippen molar-refractivity contribution < 1.29 is 24.2 Å². The highest BCUT2D eigenvalue weighted by Crippen LogP contribution is 1.89. The van der Waals surface area contributed by atoms with Gasteiger partial charge in [0.15, 0.2) is 0 Å². The highest BCUT2D eigenvalue weighted by molar-refractivity contribution is 5.80. The zero-order valence-corrected chi connectivity index (χ0v) is 10.2. The predicted octanol–water partition coefficient (Wildman–Crippen LogP) is 0.411. The molecule has 0 bridgehead atoms. The molecular weight excluding hydrogens is 226 g/mol. The number of carbonyl (C=O) groups excluding carboxylic acids is 1. The third-order valence-electron chi connectivity index (χ3n) is 1.93. The van der Waals surface area contributed by atoms with Gasteiger partial charge in [0.2, 0.25) is 5.91 Å². The summed E-state index contributed by atoms with van der Waals surface area (Å²) in [6.45, 7) is 4.82. The molecule has 0 radical (unpaired) electrons. The van der Waals surface area contributed by atoms with Crippen molar-refractivity contribution >= 4 is 11.9 Å². The van der Waals surface area contributed by atoms with Gasteiger partial charge in [-0.3, -0.25) is 9.59 Å². The Labute approximate surface area is 101 Å². The first-order valence-electron chi connectivity index (χ1n) is 5.80. The van der Waals surface area contributed by atoms with Crippen LogP contribution in [0.2, 0.25) is 0 Å². The van der Waals surface area contributed by atoms with E-state index in [9.17, 15) is 9.59 Å². The van der Waals surface area contributed by atoms with Crippen molar-refractivity contribution in [2.45, 2.75) is 26.2 Å². The fourth-order valence-corrected chi connectivity index (χ4v) is 1.08. The SMILES string of the molecule is CCOCCOCCCNC(=O)CCC(=O)O. The van der Waals surface area contributed by atoms with Crippen molar-refractivity contribution in [3.63, 3.8) is 0 Å². The summed E-state index contributed by atoms with van der Waals surface area (Å²) in [7, 11) is 0. The maximum Gasteiger partial charge on any atom is 0.303 e. The number of carboxylic acid groups (broad SMARTS) is 1. The minimum atomic E-state index is -0.959. The fourth-order valence-electron chi connectivity index (χ4n) is 1.08. The van der Waals surface area contributed by atoms with Crippen molar-refractivity contribution in [1.82, 2.24) is 5.32 Å². The summed E-state index contributed by atoms with van der Waals surface area (Å²) in [6, 6.07) is 0. The fraction of sp³-hybridized carbons (Fsp3) is 0.818. The Bertz CT molecular complexity index is 220. The molecule has 100 valence electrons. The van der Waals surface area contributed by atoms with Gasteiger partial charge in [-0.2, -0.15) is 0 Å². The second-order valence-corrected chi connectivity index (χ2v) is 3.41. The molecule has 0 aliphatic rings. The number of amides is 1. The second kappa shape index (κ2) is 11.3. The molecule has 0 spiro atoms. The Kier molecular flexibility index (Phi) is 10.6. The van der Waals surface area contributed by atoms with E-state index in [1.54, 1.807) is 0 Å². The molecule has 6 nitrogen and oxygen atoms in total. The summed E-state index contributed by atoms with van der Waals surface area (Å²) < 4.78 is 10.3. The minimum Gasteiger partial charge on any atom is -0.481 e. The Morgan fingerprint density at radius 3 is 2.47 bits per heavy atom. The first-order chi connectivity index (χ1) is 8.16. The van der Waals surface area contributed by atoms with Crippen molar-refractivity contribution in [2.24, 2.45) is 0 Å². The number of aliphatic carboxylic acids is 1. The highest BCUT2D eigenvalue weighted by Gasteiger charge is 2.03. The van der Waals surface area contributed by atoms with E-state index in [4.69, 9.17) is 14.6 Å². The normalized spacial score (nSPS) is 10.2. The van der Waals surface area contributed by atoms with Gasteiger partial charge in [-0.15, -0.1) is 0 Å². The molecule has 0 atom stereocenters. The molecule has 0 rings (SSSR count). The van der Waals surface area contributed by atoms with E-state index < -0.39 is 5.97 Å². The number of rotatable bonds is 11. The largest absolute Gasteiger partial charge is 0.481 e. The van der Waals surface area contributed by atoms with Gasteiger partial charge in [0.05, 0.1) is 19.6 Å². The van der Waals surface area contributed by atoms with E-state index in [1.807, 2.05) is 6.92 Å². The van der Waals surface area contributed by atoms with Crippen LogP contribution in [0.3, 0.4) is 0 Å². The molecule has 0 aromatic heterocycles. The molecule has 0 unspecified atom stereocenters. The third kappa shape index (κ3) is 12.8. The van der Waals surface area contributed by atoms with Crippen LogP contribution in [0.25, 0.3) is 0 Å². The highest BCUT2D eigenvalue weighted by atomic mass is 16.5. The van der Waals surface area contributed by atoms with Crippen LogP contribution >= 0.6 is 0 Å². The Balaban J connectivity index is 3.16. The quantitative estimate of drug-likeness (QED) is 0.517. The van der Waals surface area contributed by atoms with Crippen LogP contribution in [0.5, 0.6) is 0 Å². The van der Waals surface area contributed by atoms with Gasteiger partial charge in [0, 0.05) is 26.2 Å². The molecule has 0 heterocycles. The van der Waals surface area contributed by atoms with Gasteiger partial charge >= 0.3 is 5.97 Å². The summed E-state index contributed by atoms with van der Waals surface area (Å²) in [4.78, 5) is 21.3. The summed E-state index contributed by atoms with van der Waals surface area (Å²) in [5.41, 5.74) is 0. The Hall–Kier alpha value is -1.14. The lowest BCUT2D eigenvalue weighted by molar-refractivity contribution is -0.138. The third-order valence-corrected chi connectivity index (χ3v) is 1.93. The van der Waals surface area contributed by atoms with E-state index in [1.165, 1.54) is 0 Å². The first kappa shape index (κ1) is 15.9. The molecule has 0 aliphatic carbocycles. The number of carboxylic acids is 1. The second-order valence-electron chi connectivity index (χ2n) is 3.41. The van der Waals surface area contributed by atoms with Crippen LogP contribution in [-0.2, 0) is 19.1 Å². The van der Waals surface area contributed by atoms with E-state index >= 15 is 0 Å². The molecule has 0 aromatic carbocycles. The molecule has 0 saturated carbocycles. The van der Waals surface area contributed by atoms with E-state index in [-0.39, 0.29) is 18.7 Å². The molecule has 0 aromatic rings. The zero-order valence-electron chi connectivity index (χ0n) is 10.2. The van der Waals surface area contributed by atoms with E-state index in [2.05, 4.69) is 5.32 Å². The smallest absolute Gasteiger partial charge is 0.303 e. The summed E-state index contributed by atoms with van der Waals surface area (Å²) in [6.07, 6.45) is 0.613. The van der Waals surface area contributed by atoms with Crippen LogP contribution in [0.15, 0.2) is 0 Å². The average Bonchev–Trinajstić information content (AvgIpc) is 2.30. The van der Waals surface area contributed by atoms with Gasteiger partial charge in [-0.25, -0.2) is 0 Å². The van der Waals surface area contributed by atoms with Crippen LogP contribution in [0, 0.1) is 0 Å². The van der Waals surface area contributed by atoms with Gasteiger partial charge in [0.25, 0.3) is 0 Å². The zero-order chi connectivity index (χ0) is 12.9. The lowest BCUT2D eigenvalue weighted by atomic mass is 10.3. The topological polar surface area (TPSA) is 84.9 Å². The van der Waals surface area contributed by atoms with Crippen molar-refractivity contribution in [3.8, 4) is 0 Å². The van der Waals surface area contributed by atoms with Crippen LogP contribution in [-0.4, -0.2) is 50.0 Å². The summed E-state index contributed by atoms with van der Waals surface area (Å²) >= 11 is 0. The number of nitrogens with one attached hydrogen (secondary N) is 1. The Morgan fingerprint density at radius 1 is 1.12 bits per heavy atom. The van der Waals surface area contributed by atoms with E-state index in [0.29, 0.717) is 39.4 Å². The number of hydrogen-bond donors (Lipinski definition) is 2. The maximum absolute atomic E-state index is 11.1. The molecule has 2 N–H and O–H groups in total. The lowest BCUT2D eigenvalue weighted by Crippen LogP contribution is -2.25. The van der Waals surface area contributed by atoms with Crippen molar-refractivity contribution in [2.75, 3.05) is 33.0 Å². The van der Waals surface area contributed by atoms with Gasteiger partial charge < -0.3 is 19.9 Å². The van der Waals surface area contributed by atoms with E-state index in [0.717, 1.165) is 0 Å². The predicted molar refractivity (Wildman–Crippen MR) is 61.8 cm³/mol. The summed E-state index contributed by atoms with van der Waals surface area (Å²) in [5.74, 6) is -1.19.